The first-order chi connectivity index (χ1) is 12.6. The third kappa shape index (κ3) is 3.91. The van der Waals surface area contributed by atoms with E-state index in [1.165, 1.54) is 11.8 Å². The molecule has 2 aromatic heterocycles. The van der Waals surface area contributed by atoms with E-state index in [1.807, 2.05) is 0 Å². The van der Waals surface area contributed by atoms with Crippen molar-refractivity contribution in [3.05, 3.63) is 33.4 Å². The van der Waals surface area contributed by atoms with Gasteiger partial charge in [0.2, 0.25) is 5.16 Å². The molecule has 144 valence electrons. The molecule has 1 N–H and O–H groups in total. The molecule has 27 heavy (non-hydrogen) atoms. The van der Waals surface area contributed by atoms with Crippen LogP contribution in [0.3, 0.4) is 0 Å². The third-order valence-electron chi connectivity index (χ3n) is 3.66. The Morgan fingerprint density at radius 2 is 1.74 bits per heavy atom. The van der Waals surface area contributed by atoms with Crippen LogP contribution in [0.1, 0.15) is 6.92 Å². The number of halogens is 6. The molecule has 3 aromatic rings. The van der Waals surface area contributed by atoms with Gasteiger partial charge < -0.3 is 5.32 Å². The maximum atomic E-state index is 13.2. The lowest BCUT2D eigenvalue weighted by molar-refractivity contribution is -0.138. The molecule has 1 atom stereocenters. The average molecular weight is 457 g/mol. The number of nitrogens with one attached hydrogen (secondary N) is 1. The molecule has 0 spiro atoms. The third-order valence-corrected chi connectivity index (χ3v) is 5.10. The lowest BCUT2D eigenvalue weighted by Crippen LogP contribution is -2.34. The zero-order valence-electron chi connectivity index (χ0n) is 13.8. The second-order valence-corrected chi connectivity index (χ2v) is 7.39. The number of thioether (sulfide) groups is 1. The highest BCUT2D eigenvalue weighted by molar-refractivity contribution is 7.98. The fourth-order valence-corrected chi connectivity index (χ4v) is 3.50. The lowest BCUT2D eigenvalue weighted by Gasteiger charge is -2.22. The van der Waals surface area contributed by atoms with E-state index in [0.29, 0.717) is 5.16 Å². The molecule has 12 heteroatoms. The highest BCUT2D eigenvalue weighted by Gasteiger charge is 2.37. The van der Waals surface area contributed by atoms with Gasteiger partial charge in [-0.15, -0.1) is 5.10 Å². The minimum absolute atomic E-state index is 0.0492. The highest BCUT2D eigenvalue weighted by Crippen LogP contribution is 2.43. The molecule has 0 aliphatic carbocycles. The Bertz CT molecular complexity index is 988. The van der Waals surface area contributed by atoms with Crippen LogP contribution in [0, 0.1) is 0 Å². The topological polar surface area (TPSA) is 55.1 Å². The van der Waals surface area contributed by atoms with Crippen molar-refractivity contribution in [2.75, 3.05) is 11.6 Å². The molecule has 0 bridgehead atoms. The predicted molar refractivity (Wildman–Crippen MR) is 102 cm³/mol. The molecule has 2 heterocycles. The fourth-order valence-electron chi connectivity index (χ4n) is 2.32. The van der Waals surface area contributed by atoms with Crippen LogP contribution in [0.4, 0.5) is 19.0 Å². The molecule has 0 radical (unpaired) electrons. The van der Waals surface area contributed by atoms with Crippen molar-refractivity contribution in [1.82, 2.24) is 19.6 Å². The van der Waals surface area contributed by atoms with Gasteiger partial charge in [-0.25, -0.2) is 0 Å². The number of hydrogen-bond donors (Lipinski definition) is 1. The van der Waals surface area contributed by atoms with Crippen molar-refractivity contribution in [2.45, 2.75) is 24.3 Å². The number of aromatic nitrogens is 4. The number of hydrogen-bond acceptors (Lipinski definition) is 5. The van der Waals surface area contributed by atoms with Crippen molar-refractivity contribution < 1.29 is 13.2 Å². The maximum Gasteiger partial charge on any atom is 0.408 e. The summed E-state index contributed by atoms with van der Waals surface area (Å²) in [6.45, 7) is 0.977. The van der Waals surface area contributed by atoms with Crippen LogP contribution in [0.2, 0.25) is 15.2 Å². The van der Waals surface area contributed by atoms with Crippen molar-refractivity contribution in [3.8, 4) is 11.1 Å². The Morgan fingerprint density at radius 3 is 2.30 bits per heavy atom. The number of rotatable bonds is 4. The first-order valence-electron chi connectivity index (χ1n) is 7.41. The van der Waals surface area contributed by atoms with Crippen LogP contribution in [0.15, 0.2) is 23.4 Å². The fraction of sp³-hybridized carbons (Fsp3) is 0.267. The number of benzene rings is 1. The number of nitrogens with zero attached hydrogens (tertiary/aromatic N) is 4. The van der Waals surface area contributed by atoms with Gasteiger partial charge in [-0.1, -0.05) is 52.6 Å². The van der Waals surface area contributed by atoms with Gasteiger partial charge in [0, 0.05) is 5.56 Å². The molecular formula is C15H11Cl3F3N5S. The number of fused-ring (bicyclic) bond motifs is 1. The predicted octanol–water partition coefficient (Wildman–Crippen LogP) is 5.84. The van der Waals surface area contributed by atoms with Gasteiger partial charge in [0.15, 0.2) is 0 Å². The van der Waals surface area contributed by atoms with E-state index < -0.39 is 12.2 Å². The SMILES string of the molecule is CSc1nc2nc(Cl)c(-c3c(Cl)cccc3Cl)c(N[C@@H](C)C(F)(F)F)n2n1. The number of anilines is 1. The Morgan fingerprint density at radius 1 is 1.11 bits per heavy atom. The van der Waals surface area contributed by atoms with E-state index in [9.17, 15) is 13.2 Å². The smallest absolute Gasteiger partial charge is 0.358 e. The van der Waals surface area contributed by atoms with Crippen LogP contribution < -0.4 is 5.32 Å². The van der Waals surface area contributed by atoms with Crippen molar-refractivity contribution in [3.63, 3.8) is 0 Å². The van der Waals surface area contributed by atoms with Crippen LogP contribution >= 0.6 is 46.6 Å². The molecule has 3 rings (SSSR count). The first kappa shape index (κ1) is 20.3. The Balaban J connectivity index is 2.35. The Kier molecular flexibility index (Phi) is 5.67. The van der Waals surface area contributed by atoms with E-state index in [0.717, 1.165) is 11.4 Å². The quantitative estimate of drug-likeness (QED) is 0.395. The molecule has 0 amide bonds. The molecule has 0 saturated carbocycles. The lowest BCUT2D eigenvalue weighted by atomic mass is 10.1. The zero-order chi connectivity index (χ0) is 19.9. The molecular weight excluding hydrogens is 446 g/mol. The minimum atomic E-state index is -4.51. The second kappa shape index (κ2) is 7.54. The normalized spacial score (nSPS) is 13.2. The van der Waals surface area contributed by atoms with Crippen molar-refractivity contribution >= 4 is 58.2 Å². The highest BCUT2D eigenvalue weighted by atomic mass is 35.5. The Hall–Kier alpha value is -1.42. The summed E-state index contributed by atoms with van der Waals surface area (Å²) in [7, 11) is 0. The van der Waals surface area contributed by atoms with Gasteiger partial charge >= 0.3 is 6.18 Å². The Labute approximate surface area is 171 Å². The monoisotopic (exact) mass is 455 g/mol. The zero-order valence-corrected chi connectivity index (χ0v) is 16.9. The van der Waals surface area contributed by atoms with Crippen LogP contribution in [-0.2, 0) is 0 Å². The second-order valence-electron chi connectivity index (χ2n) is 5.44. The number of alkyl halides is 3. The summed E-state index contributed by atoms with van der Waals surface area (Å²) in [5.74, 6) is -0.00854. The van der Waals surface area contributed by atoms with Gasteiger partial charge in [0.05, 0.1) is 15.6 Å². The molecule has 0 aliphatic rings. The summed E-state index contributed by atoms with van der Waals surface area (Å²) in [5, 5.41) is 7.23. The molecule has 0 unspecified atom stereocenters. The van der Waals surface area contributed by atoms with Gasteiger partial charge in [-0.05, 0) is 25.3 Å². The standard InChI is InChI=1S/C15H11Cl3F3N5S/c1-6(15(19,20)21)22-12-10(9-7(16)4-3-5-8(9)17)11(18)23-13-24-14(27-2)25-26(12)13/h3-6,22H,1-2H3/t6-/m0/s1. The van der Waals surface area contributed by atoms with Crippen LogP contribution in [-0.4, -0.2) is 38.1 Å². The summed E-state index contributed by atoms with van der Waals surface area (Å²) < 4.78 is 40.7. The summed E-state index contributed by atoms with van der Waals surface area (Å²) in [6.07, 6.45) is -2.78. The summed E-state index contributed by atoms with van der Waals surface area (Å²) in [4.78, 5) is 8.27. The maximum absolute atomic E-state index is 13.2. The summed E-state index contributed by atoms with van der Waals surface area (Å²) >= 11 is 20.0. The van der Waals surface area contributed by atoms with Gasteiger partial charge in [0.1, 0.15) is 17.0 Å². The van der Waals surface area contributed by atoms with E-state index >= 15 is 0 Å². The first-order valence-corrected chi connectivity index (χ1v) is 9.77. The van der Waals surface area contributed by atoms with Gasteiger partial charge in [-0.3, -0.25) is 0 Å². The van der Waals surface area contributed by atoms with Crippen molar-refractivity contribution in [2.24, 2.45) is 0 Å². The van der Waals surface area contributed by atoms with E-state index in [-0.39, 0.29) is 37.9 Å². The largest absolute Gasteiger partial charge is 0.408 e. The summed E-state index contributed by atoms with van der Waals surface area (Å²) in [5.41, 5.74) is 0.353. The molecule has 1 aromatic carbocycles. The van der Waals surface area contributed by atoms with Crippen LogP contribution in [0.25, 0.3) is 16.9 Å². The minimum Gasteiger partial charge on any atom is -0.358 e. The molecule has 5 nitrogen and oxygen atoms in total. The molecule has 0 fully saturated rings. The van der Waals surface area contributed by atoms with Crippen LogP contribution in [0.5, 0.6) is 0 Å². The summed E-state index contributed by atoms with van der Waals surface area (Å²) in [6, 6.07) is 2.81. The van der Waals surface area contributed by atoms with E-state index in [1.54, 1.807) is 24.5 Å². The molecule has 0 saturated heterocycles. The van der Waals surface area contributed by atoms with E-state index in [2.05, 4.69) is 20.4 Å². The average Bonchev–Trinajstić information content (AvgIpc) is 2.98. The van der Waals surface area contributed by atoms with Gasteiger partial charge in [-0.2, -0.15) is 27.7 Å². The van der Waals surface area contributed by atoms with E-state index in [4.69, 9.17) is 34.8 Å². The van der Waals surface area contributed by atoms with Gasteiger partial charge in [0.25, 0.3) is 5.78 Å². The van der Waals surface area contributed by atoms with Crippen molar-refractivity contribution in [1.29, 1.82) is 0 Å². The molecule has 0 aliphatic heterocycles.